The van der Waals surface area contributed by atoms with E-state index in [9.17, 15) is 0 Å². The van der Waals surface area contributed by atoms with Crippen molar-refractivity contribution in [2.45, 2.75) is 20.3 Å². The molecule has 4 aromatic rings. The fourth-order valence-electron chi connectivity index (χ4n) is 3.98. The van der Waals surface area contributed by atoms with Gasteiger partial charge in [0.1, 0.15) is 0 Å². The molecule has 0 N–H and O–H groups in total. The predicted octanol–water partition coefficient (Wildman–Crippen LogP) is 7.61. The van der Waals surface area contributed by atoms with Gasteiger partial charge in [-0.2, -0.15) is 0 Å². The number of allylic oxidation sites excluding steroid dienone is 2. The van der Waals surface area contributed by atoms with Crippen LogP contribution in [0.4, 0.5) is 11.4 Å². The van der Waals surface area contributed by atoms with E-state index < -0.39 is 0 Å². The lowest BCUT2D eigenvalue weighted by molar-refractivity contribution is 1.41. The molecule has 0 radical (unpaired) electrons. The van der Waals surface area contributed by atoms with Crippen LogP contribution in [0, 0.1) is 0 Å². The highest BCUT2D eigenvalue weighted by Crippen LogP contribution is 2.35. The number of aliphatic imine (C=N–C) groups is 3. The molecule has 1 aliphatic heterocycles. The van der Waals surface area contributed by atoms with Crippen molar-refractivity contribution in [3.05, 3.63) is 96.7 Å². The van der Waals surface area contributed by atoms with Crippen molar-refractivity contribution in [3.63, 3.8) is 0 Å². The first-order chi connectivity index (χ1) is 15.2. The maximum atomic E-state index is 5.09. The first kappa shape index (κ1) is 19.1. The lowest BCUT2D eigenvalue weighted by atomic mass is 10.0. The van der Waals surface area contributed by atoms with Crippen LogP contribution in [-0.2, 0) is 0 Å². The summed E-state index contributed by atoms with van der Waals surface area (Å²) < 4.78 is 0. The zero-order valence-electron chi connectivity index (χ0n) is 17.7. The average molecular weight is 402 g/mol. The molecule has 5 rings (SSSR count). The smallest absolute Gasteiger partial charge is 0.0810 e. The van der Waals surface area contributed by atoms with Gasteiger partial charge in [-0.25, -0.2) is 4.99 Å². The topological polar surface area (TPSA) is 37.1 Å². The van der Waals surface area contributed by atoms with Gasteiger partial charge in [0.15, 0.2) is 0 Å². The van der Waals surface area contributed by atoms with E-state index in [1.807, 2.05) is 37.3 Å². The molecular weight excluding hydrogens is 378 g/mol. The molecule has 1 aliphatic rings. The van der Waals surface area contributed by atoms with Crippen molar-refractivity contribution in [1.82, 2.24) is 0 Å². The van der Waals surface area contributed by atoms with E-state index in [0.29, 0.717) is 0 Å². The molecule has 0 saturated carbocycles. The Labute approximate surface area is 182 Å². The van der Waals surface area contributed by atoms with Gasteiger partial charge in [0.2, 0.25) is 0 Å². The summed E-state index contributed by atoms with van der Waals surface area (Å²) in [6.07, 6.45) is 2.91. The molecule has 0 aromatic heterocycles. The quantitative estimate of drug-likeness (QED) is 0.249. The number of fused-ring (bicyclic) bond motifs is 2. The summed E-state index contributed by atoms with van der Waals surface area (Å²) in [5.74, 6) is 0. The average Bonchev–Trinajstić information content (AvgIpc) is 3.30. The number of rotatable bonds is 4. The highest BCUT2D eigenvalue weighted by Gasteiger charge is 2.15. The summed E-state index contributed by atoms with van der Waals surface area (Å²) in [5, 5.41) is 4.72. The Balaban J connectivity index is 1.53. The van der Waals surface area contributed by atoms with Crippen LogP contribution in [-0.4, -0.2) is 17.1 Å². The molecule has 0 fully saturated rings. The number of para-hydroxylation sites is 1. The highest BCUT2D eigenvalue weighted by atomic mass is 14.9. The van der Waals surface area contributed by atoms with Crippen molar-refractivity contribution >= 4 is 50.1 Å². The van der Waals surface area contributed by atoms with E-state index in [0.717, 1.165) is 51.4 Å². The Kier molecular flexibility index (Phi) is 5.01. The van der Waals surface area contributed by atoms with Crippen molar-refractivity contribution in [2.75, 3.05) is 0 Å². The Bertz CT molecular complexity index is 1350. The molecule has 3 nitrogen and oxygen atoms in total. The summed E-state index contributed by atoms with van der Waals surface area (Å²) >= 11 is 0. The number of nitrogens with zero attached hydrogens (tertiary/aromatic N) is 3. The molecule has 0 bridgehead atoms. The Morgan fingerprint density at radius 1 is 0.710 bits per heavy atom. The third-order valence-electron chi connectivity index (χ3n) is 5.61. The number of benzene rings is 4. The second kappa shape index (κ2) is 8.11. The van der Waals surface area contributed by atoms with Gasteiger partial charge in [-0.05, 0) is 42.8 Å². The molecule has 3 heteroatoms. The van der Waals surface area contributed by atoms with E-state index in [1.165, 1.54) is 10.8 Å². The fourth-order valence-corrected chi connectivity index (χ4v) is 3.98. The van der Waals surface area contributed by atoms with Gasteiger partial charge >= 0.3 is 0 Å². The summed E-state index contributed by atoms with van der Waals surface area (Å²) in [5.41, 5.74) is 5.74. The first-order valence-electron chi connectivity index (χ1n) is 10.5. The normalized spacial score (nSPS) is 14.8. The maximum Gasteiger partial charge on any atom is 0.0810 e. The lowest BCUT2D eigenvalue weighted by Crippen LogP contribution is -2.07. The second-order valence-corrected chi connectivity index (χ2v) is 7.75. The maximum absolute atomic E-state index is 5.09. The molecule has 0 saturated heterocycles. The molecule has 150 valence electrons. The largest absolute Gasteiger partial charge is 0.252 e. The molecule has 0 atom stereocenters. The summed E-state index contributed by atoms with van der Waals surface area (Å²) in [7, 11) is 0. The van der Waals surface area contributed by atoms with Crippen molar-refractivity contribution < 1.29 is 0 Å². The molecule has 4 aromatic carbocycles. The van der Waals surface area contributed by atoms with Gasteiger partial charge in [-0.3, -0.25) is 9.98 Å². The first-order valence-corrected chi connectivity index (χ1v) is 10.5. The van der Waals surface area contributed by atoms with Crippen LogP contribution in [0.5, 0.6) is 0 Å². The van der Waals surface area contributed by atoms with Gasteiger partial charge in [0.05, 0.1) is 34.2 Å². The van der Waals surface area contributed by atoms with Crippen molar-refractivity contribution in [1.29, 1.82) is 0 Å². The molecule has 31 heavy (non-hydrogen) atoms. The third kappa shape index (κ3) is 3.82. The van der Waals surface area contributed by atoms with Gasteiger partial charge in [-0.15, -0.1) is 0 Å². The molecular formula is C28H23N3. The van der Waals surface area contributed by atoms with Crippen LogP contribution >= 0.6 is 0 Å². The molecule has 0 unspecified atom stereocenters. The van der Waals surface area contributed by atoms with Crippen LogP contribution < -0.4 is 0 Å². The fraction of sp³-hybridized carbons (Fsp3) is 0.107. The molecule has 0 spiro atoms. The van der Waals surface area contributed by atoms with E-state index in [2.05, 4.69) is 67.6 Å². The predicted molar refractivity (Wildman–Crippen MR) is 134 cm³/mol. The van der Waals surface area contributed by atoms with Crippen LogP contribution in [0.3, 0.4) is 0 Å². The van der Waals surface area contributed by atoms with Crippen LogP contribution in [0.1, 0.15) is 20.3 Å². The minimum Gasteiger partial charge on any atom is -0.252 e. The molecule has 1 heterocycles. The van der Waals surface area contributed by atoms with Gasteiger partial charge in [0.25, 0.3) is 0 Å². The van der Waals surface area contributed by atoms with Crippen molar-refractivity contribution in [2.24, 2.45) is 15.0 Å². The zero-order chi connectivity index (χ0) is 21.2. The standard InChI is InChI=1S/C28H23N3/c1-19(29-23-12-4-3-5-13-23)26-16-17-27(31-26)20(2)30-28-24-14-8-6-10-21(24)18-22-11-7-9-15-25(22)28/h3-16,18H,17H2,1-2H3. The number of hydrogen-bond acceptors (Lipinski definition) is 3. The third-order valence-corrected chi connectivity index (χ3v) is 5.61. The number of hydrogen-bond donors (Lipinski definition) is 0. The van der Waals surface area contributed by atoms with Crippen LogP contribution in [0.15, 0.2) is 112 Å². The summed E-state index contributed by atoms with van der Waals surface area (Å²) in [6.45, 7) is 4.06. The minimum atomic E-state index is 0.773. The summed E-state index contributed by atoms with van der Waals surface area (Å²) in [4.78, 5) is 14.6. The van der Waals surface area contributed by atoms with E-state index >= 15 is 0 Å². The molecule has 0 amide bonds. The van der Waals surface area contributed by atoms with E-state index in [4.69, 9.17) is 15.0 Å². The Morgan fingerprint density at radius 2 is 1.32 bits per heavy atom. The minimum absolute atomic E-state index is 0.773. The van der Waals surface area contributed by atoms with Crippen LogP contribution in [0.25, 0.3) is 21.5 Å². The van der Waals surface area contributed by atoms with E-state index in [-0.39, 0.29) is 0 Å². The summed E-state index contributed by atoms with van der Waals surface area (Å²) in [6, 6.07) is 29.1. The monoisotopic (exact) mass is 401 g/mol. The Hall–Kier alpha value is -3.85. The second-order valence-electron chi connectivity index (χ2n) is 7.75. The SMILES string of the molecule is CC(=Nc1ccccc1)C1=CCC(C(C)=Nc2c3ccccc3cc3ccccc23)=N1. The van der Waals surface area contributed by atoms with E-state index in [1.54, 1.807) is 0 Å². The van der Waals surface area contributed by atoms with Gasteiger partial charge < -0.3 is 0 Å². The van der Waals surface area contributed by atoms with Gasteiger partial charge in [-0.1, -0.05) is 72.8 Å². The molecule has 0 aliphatic carbocycles. The lowest BCUT2D eigenvalue weighted by Gasteiger charge is -2.09. The van der Waals surface area contributed by atoms with Crippen LogP contribution in [0.2, 0.25) is 0 Å². The Morgan fingerprint density at radius 3 is 2.00 bits per heavy atom. The highest BCUT2D eigenvalue weighted by molar-refractivity contribution is 6.44. The zero-order valence-corrected chi connectivity index (χ0v) is 17.7. The van der Waals surface area contributed by atoms with Gasteiger partial charge in [0, 0.05) is 17.2 Å². The van der Waals surface area contributed by atoms with Crippen molar-refractivity contribution in [3.8, 4) is 0 Å².